The lowest BCUT2D eigenvalue weighted by atomic mass is 10.5. The summed E-state index contributed by atoms with van der Waals surface area (Å²) >= 11 is 0. The van der Waals surface area contributed by atoms with E-state index in [1.165, 1.54) is 6.92 Å². The van der Waals surface area contributed by atoms with E-state index < -0.39 is 0 Å². The minimum atomic E-state index is -0.303. The van der Waals surface area contributed by atoms with Gasteiger partial charge < -0.3 is 14.8 Å². The standard InChI is InChI=1S/C8H16N2O4/c1-7(11)3-13-4-8(12)10-6-14-5-9-2/h9H,3-6H2,1-2H3,(H,10,12). The predicted molar refractivity (Wildman–Crippen MR) is 49.5 cm³/mol. The molecular formula is C8H16N2O4. The van der Waals surface area contributed by atoms with Crippen LogP contribution in [0.2, 0.25) is 0 Å². The summed E-state index contributed by atoms with van der Waals surface area (Å²) in [4.78, 5) is 21.4. The van der Waals surface area contributed by atoms with Crippen LogP contribution >= 0.6 is 0 Å². The highest BCUT2D eigenvalue weighted by Crippen LogP contribution is 1.77. The molecule has 0 aliphatic rings. The van der Waals surface area contributed by atoms with Crippen LogP contribution in [-0.2, 0) is 19.1 Å². The van der Waals surface area contributed by atoms with Gasteiger partial charge in [-0.05, 0) is 14.0 Å². The number of carbonyl (C=O) groups excluding carboxylic acids is 2. The zero-order valence-corrected chi connectivity index (χ0v) is 8.46. The molecule has 2 N–H and O–H groups in total. The number of rotatable bonds is 8. The van der Waals surface area contributed by atoms with Crippen LogP contribution in [0.25, 0.3) is 0 Å². The molecule has 6 heteroatoms. The SMILES string of the molecule is CNCOCNC(=O)COCC(C)=O. The molecule has 0 fully saturated rings. The molecule has 0 spiro atoms. The first-order valence-electron chi connectivity index (χ1n) is 4.23. The lowest BCUT2D eigenvalue weighted by Crippen LogP contribution is -2.31. The molecule has 0 saturated heterocycles. The van der Waals surface area contributed by atoms with Crippen LogP contribution in [0.4, 0.5) is 0 Å². The zero-order chi connectivity index (χ0) is 10.8. The Labute approximate surface area is 82.9 Å². The average molecular weight is 204 g/mol. The van der Waals surface area contributed by atoms with Gasteiger partial charge in [0.25, 0.3) is 0 Å². The topological polar surface area (TPSA) is 76.7 Å². The molecule has 0 aliphatic carbocycles. The van der Waals surface area contributed by atoms with Crippen LogP contribution in [0.15, 0.2) is 0 Å². The molecule has 0 aliphatic heterocycles. The Balaban J connectivity index is 3.24. The summed E-state index contributed by atoms with van der Waals surface area (Å²) in [6, 6.07) is 0. The minimum absolute atomic E-state index is 0.0369. The average Bonchev–Trinajstić information content (AvgIpc) is 2.12. The van der Waals surface area contributed by atoms with Crippen molar-refractivity contribution in [3.8, 4) is 0 Å². The maximum atomic E-state index is 10.9. The van der Waals surface area contributed by atoms with E-state index in [2.05, 4.69) is 10.6 Å². The first-order valence-corrected chi connectivity index (χ1v) is 4.23. The number of amides is 1. The summed E-state index contributed by atoms with van der Waals surface area (Å²) in [6.45, 7) is 1.74. The summed E-state index contributed by atoms with van der Waals surface area (Å²) in [6.07, 6.45) is 0. The smallest absolute Gasteiger partial charge is 0.247 e. The van der Waals surface area contributed by atoms with Gasteiger partial charge in [-0.1, -0.05) is 0 Å². The van der Waals surface area contributed by atoms with E-state index in [4.69, 9.17) is 9.47 Å². The van der Waals surface area contributed by atoms with Crippen molar-refractivity contribution in [3.05, 3.63) is 0 Å². The lowest BCUT2D eigenvalue weighted by Gasteiger charge is -2.05. The van der Waals surface area contributed by atoms with Gasteiger partial charge in [0.1, 0.15) is 19.9 Å². The third-order valence-corrected chi connectivity index (χ3v) is 1.16. The van der Waals surface area contributed by atoms with E-state index in [0.717, 1.165) is 0 Å². The molecule has 0 aromatic heterocycles. The van der Waals surface area contributed by atoms with E-state index in [-0.39, 0.29) is 31.6 Å². The Bertz CT molecular complexity index is 184. The second kappa shape index (κ2) is 8.61. The van der Waals surface area contributed by atoms with Gasteiger partial charge in [-0.2, -0.15) is 0 Å². The number of Topliss-reactive ketones (excluding diaryl/α,β-unsaturated/α-hetero) is 1. The molecule has 6 nitrogen and oxygen atoms in total. The number of ketones is 1. The molecule has 0 atom stereocenters. The fourth-order valence-corrected chi connectivity index (χ4v) is 0.623. The summed E-state index contributed by atoms with van der Waals surface area (Å²) in [5, 5.41) is 5.20. The summed E-state index contributed by atoms with van der Waals surface area (Å²) in [5.74, 6) is -0.411. The van der Waals surface area contributed by atoms with E-state index in [1.54, 1.807) is 7.05 Å². The quantitative estimate of drug-likeness (QED) is 0.386. The Hall–Kier alpha value is -0.980. The summed E-state index contributed by atoms with van der Waals surface area (Å²) in [7, 11) is 1.73. The van der Waals surface area contributed by atoms with Crippen LogP contribution in [-0.4, -0.2) is 45.4 Å². The predicted octanol–water partition coefficient (Wildman–Crippen LogP) is -1.14. The molecular weight excluding hydrogens is 188 g/mol. The van der Waals surface area contributed by atoms with Crippen LogP contribution in [0.3, 0.4) is 0 Å². The zero-order valence-electron chi connectivity index (χ0n) is 8.46. The Morgan fingerprint density at radius 1 is 1.14 bits per heavy atom. The van der Waals surface area contributed by atoms with Crippen molar-refractivity contribution in [2.45, 2.75) is 6.92 Å². The van der Waals surface area contributed by atoms with Crippen LogP contribution in [0.5, 0.6) is 0 Å². The fourth-order valence-electron chi connectivity index (χ4n) is 0.623. The third kappa shape index (κ3) is 9.11. The fraction of sp³-hybridized carbons (Fsp3) is 0.750. The number of carbonyl (C=O) groups is 2. The molecule has 0 rings (SSSR count). The van der Waals surface area contributed by atoms with Gasteiger partial charge in [-0.15, -0.1) is 0 Å². The molecule has 0 heterocycles. The summed E-state index contributed by atoms with van der Waals surface area (Å²) < 4.78 is 9.70. The van der Waals surface area contributed by atoms with Crippen LogP contribution in [0, 0.1) is 0 Å². The lowest BCUT2D eigenvalue weighted by molar-refractivity contribution is -0.130. The molecule has 1 amide bonds. The van der Waals surface area contributed by atoms with Gasteiger partial charge >= 0.3 is 0 Å². The monoisotopic (exact) mass is 204 g/mol. The number of ether oxygens (including phenoxy) is 2. The molecule has 0 aromatic rings. The first-order chi connectivity index (χ1) is 6.66. The second-order valence-corrected chi connectivity index (χ2v) is 2.64. The molecule has 0 unspecified atom stereocenters. The van der Waals surface area contributed by atoms with Gasteiger partial charge in [0.05, 0.1) is 6.73 Å². The third-order valence-electron chi connectivity index (χ3n) is 1.16. The van der Waals surface area contributed by atoms with Gasteiger partial charge in [-0.3, -0.25) is 14.9 Å². The van der Waals surface area contributed by atoms with Gasteiger partial charge in [0.2, 0.25) is 5.91 Å². The Morgan fingerprint density at radius 3 is 2.43 bits per heavy atom. The highest BCUT2D eigenvalue weighted by molar-refractivity contribution is 5.79. The van der Waals surface area contributed by atoms with Crippen molar-refractivity contribution >= 4 is 11.7 Å². The van der Waals surface area contributed by atoms with Crippen molar-refractivity contribution in [1.29, 1.82) is 0 Å². The van der Waals surface area contributed by atoms with Crippen LogP contribution < -0.4 is 10.6 Å². The Kier molecular flexibility index (Phi) is 8.01. The molecule has 82 valence electrons. The summed E-state index contributed by atoms with van der Waals surface area (Å²) in [5.41, 5.74) is 0. The van der Waals surface area contributed by atoms with Gasteiger partial charge in [0, 0.05) is 0 Å². The van der Waals surface area contributed by atoms with Crippen molar-refractivity contribution in [2.75, 3.05) is 33.7 Å². The normalized spacial score (nSPS) is 9.86. The highest BCUT2D eigenvalue weighted by Gasteiger charge is 2.01. The van der Waals surface area contributed by atoms with Gasteiger partial charge in [0.15, 0.2) is 5.78 Å². The molecule has 0 aromatic carbocycles. The van der Waals surface area contributed by atoms with Crippen molar-refractivity contribution in [3.63, 3.8) is 0 Å². The maximum absolute atomic E-state index is 10.9. The van der Waals surface area contributed by atoms with E-state index in [1.807, 2.05) is 0 Å². The minimum Gasteiger partial charge on any atom is -0.364 e. The number of nitrogens with one attached hydrogen (secondary N) is 2. The van der Waals surface area contributed by atoms with Gasteiger partial charge in [-0.25, -0.2) is 0 Å². The molecule has 14 heavy (non-hydrogen) atoms. The van der Waals surface area contributed by atoms with Crippen LogP contribution in [0.1, 0.15) is 6.92 Å². The maximum Gasteiger partial charge on any atom is 0.247 e. The van der Waals surface area contributed by atoms with E-state index in [9.17, 15) is 9.59 Å². The van der Waals surface area contributed by atoms with Crippen molar-refractivity contribution in [2.24, 2.45) is 0 Å². The number of hydrogen-bond donors (Lipinski definition) is 2. The largest absolute Gasteiger partial charge is 0.364 e. The first kappa shape index (κ1) is 13.0. The molecule has 0 saturated carbocycles. The molecule has 0 radical (unpaired) electrons. The van der Waals surface area contributed by atoms with E-state index in [0.29, 0.717) is 6.73 Å². The number of hydrogen-bond acceptors (Lipinski definition) is 5. The van der Waals surface area contributed by atoms with Crippen molar-refractivity contribution < 1.29 is 19.1 Å². The van der Waals surface area contributed by atoms with E-state index >= 15 is 0 Å². The highest BCUT2D eigenvalue weighted by atomic mass is 16.5. The Morgan fingerprint density at radius 2 is 1.86 bits per heavy atom. The molecule has 0 bridgehead atoms. The van der Waals surface area contributed by atoms with Crippen molar-refractivity contribution in [1.82, 2.24) is 10.6 Å². The second-order valence-electron chi connectivity index (χ2n) is 2.64.